The molecule has 98 valence electrons. The van der Waals surface area contributed by atoms with Gasteiger partial charge in [0, 0.05) is 6.20 Å². The van der Waals surface area contributed by atoms with Crippen LogP contribution in [-0.4, -0.2) is 16.0 Å². The molecule has 1 aromatic carbocycles. The fourth-order valence-electron chi connectivity index (χ4n) is 1.59. The number of aromatic nitrogens is 1. The highest BCUT2D eigenvalue weighted by atomic mass is 35.5. The third-order valence-corrected chi connectivity index (χ3v) is 2.86. The summed E-state index contributed by atoms with van der Waals surface area (Å²) in [5, 5.41) is 12.1. The van der Waals surface area contributed by atoms with Gasteiger partial charge in [-0.25, -0.2) is 9.37 Å². The summed E-state index contributed by atoms with van der Waals surface area (Å²) in [4.78, 5) is 15.8. The molecule has 19 heavy (non-hydrogen) atoms. The largest absolute Gasteiger partial charge is 0.507 e. The normalized spacial score (nSPS) is 10.3. The summed E-state index contributed by atoms with van der Waals surface area (Å²) in [6.07, 6.45) is 1.49. The Morgan fingerprint density at radius 1 is 1.42 bits per heavy atom. The lowest BCUT2D eigenvalue weighted by Crippen LogP contribution is -2.15. The van der Waals surface area contributed by atoms with Gasteiger partial charge in [0.25, 0.3) is 5.91 Å². The van der Waals surface area contributed by atoms with E-state index < -0.39 is 23.0 Å². The summed E-state index contributed by atoms with van der Waals surface area (Å²) in [6, 6.07) is 5.29. The predicted molar refractivity (Wildman–Crippen MR) is 70.0 cm³/mol. The summed E-state index contributed by atoms with van der Waals surface area (Å²) in [5.41, 5.74) is 0.544. The van der Waals surface area contributed by atoms with Gasteiger partial charge in [-0.1, -0.05) is 17.7 Å². The molecule has 0 spiro atoms. The minimum atomic E-state index is -0.810. The van der Waals surface area contributed by atoms with Crippen LogP contribution in [0.3, 0.4) is 0 Å². The van der Waals surface area contributed by atoms with E-state index in [1.54, 1.807) is 13.0 Å². The van der Waals surface area contributed by atoms with Crippen molar-refractivity contribution in [2.45, 2.75) is 6.92 Å². The Hall–Kier alpha value is -2.14. The van der Waals surface area contributed by atoms with Crippen LogP contribution < -0.4 is 5.32 Å². The molecule has 0 aliphatic carbocycles. The van der Waals surface area contributed by atoms with E-state index in [9.17, 15) is 14.3 Å². The lowest BCUT2D eigenvalue weighted by atomic mass is 10.1. The number of carbonyl (C=O) groups excluding carboxylic acids is 1. The Morgan fingerprint density at radius 2 is 2.16 bits per heavy atom. The molecule has 0 fully saturated rings. The van der Waals surface area contributed by atoms with E-state index in [-0.39, 0.29) is 10.8 Å². The minimum Gasteiger partial charge on any atom is -0.507 e. The van der Waals surface area contributed by atoms with Crippen molar-refractivity contribution in [3.8, 4) is 5.75 Å². The van der Waals surface area contributed by atoms with Gasteiger partial charge < -0.3 is 10.4 Å². The smallest absolute Gasteiger partial charge is 0.262 e. The molecular weight excluding hydrogens is 271 g/mol. The molecule has 0 aliphatic rings. The SMILES string of the molecule is Cc1ccnc(Cl)c1NC(=O)c1c(O)cccc1F. The average molecular weight is 281 g/mol. The lowest BCUT2D eigenvalue weighted by Gasteiger charge is -2.10. The highest BCUT2D eigenvalue weighted by molar-refractivity contribution is 6.32. The van der Waals surface area contributed by atoms with Crippen LogP contribution in [0.15, 0.2) is 30.5 Å². The Kier molecular flexibility index (Phi) is 3.66. The third kappa shape index (κ3) is 2.66. The van der Waals surface area contributed by atoms with Crippen LogP contribution >= 0.6 is 11.6 Å². The summed E-state index contributed by atoms with van der Waals surface area (Å²) < 4.78 is 13.5. The first-order chi connectivity index (χ1) is 9.00. The van der Waals surface area contributed by atoms with Crippen molar-refractivity contribution in [2.24, 2.45) is 0 Å². The molecule has 0 atom stereocenters. The van der Waals surface area contributed by atoms with Gasteiger partial charge >= 0.3 is 0 Å². The monoisotopic (exact) mass is 280 g/mol. The molecule has 0 saturated heterocycles. The second kappa shape index (κ2) is 5.24. The van der Waals surface area contributed by atoms with E-state index in [4.69, 9.17) is 11.6 Å². The first kappa shape index (κ1) is 13.3. The Balaban J connectivity index is 2.37. The fourth-order valence-corrected chi connectivity index (χ4v) is 1.84. The van der Waals surface area contributed by atoms with E-state index in [0.29, 0.717) is 5.56 Å². The molecule has 0 saturated carbocycles. The second-order valence-electron chi connectivity index (χ2n) is 3.88. The molecule has 0 bridgehead atoms. The number of halogens is 2. The van der Waals surface area contributed by atoms with Crippen LogP contribution in [0.25, 0.3) is 0 Å². The Labute approximate surface area is 113 Å². The van der Waals surface area contributed by atoms with E-state index in [1.165, 1.54) is 18.3 Å². The van der Waals surface area contributed by atoms with E-state index >= 15 is 0 Å². The maximum absolute atomic E-state index is 13.5. The number of amides is 1. The van der Waals surface area contributed by atoms with Crippen molar-refractivity contribution in [1.29, 1.82) is 0 Å². The number of phenols is 1. The zero-order chi connectivity index (χ0) is 14.0. The predicted octanol–water partition coefficient (Wildman–Crippen LogP) is 3.14. The van der Waals surface area contributed by atoms with Gasteiger partial charge in [-0.05, 0) is 30.7 Å². The maximum Gasteiger partial charge on any atom is 0.262 e. The molecule has 1 amide bonds. The van der Waals surface area contributed by atoms with Crippen LogP contribution in [0.2, 0.25) is 5.15 Å². The van der Waals surface area contributed by atoms with Crippen molar-refractivity contribution in [2.75, 3.05) is 5.32 Å². The topological polar surface area (TPSA) is 62.2 Å². The molecule has 0 unspecified atom stereocenters. The number of aromatic hydroxyl groups is 1. The number of phenolic OH excluding ortho intramolecular Hbond substituents is 1. The molecule has 2 N–H and O–H groups in total. The minimum absolute atomic E-state index is 0.101. The summed E-state index contributed by atoms with van der Waals surface area (Å²) >= 11 is 5.86. The number of nitrogens with zero attached hydrogens (tertiary/aromatic N) is 1. The van der Waals surface area contributed by atoms with Crippen LogP contribution in [0.1, 0.15) is 15.9 Å². The number of pyridine rings is 1. The number of carbonyl (C=O) groups is 1. The molecule has 0 radical (unpaired) electrons. The van der Waals surface area contributed by atoms with Gasteiger partial charge in [0.1, 0.15) is 17.1 Å². The first-order valence-electron chi connectivity index (χ1n) is 5.40. The highest BCUT2D eigenvalue weighted by Crippen LogP contribution is 2.26. The number of aryl methyl sites for hydroxylation is 1. The maximum atomic E-state index is 13.5. The number of rotatable bonds is 2. The molecule has 1 heterocycles. The molecule has 2 rings (SSSR count). The quantitative estimate of drug-likeness (QED) is 0.831. The van der Waals surface area contributed by atoms with Gasteiger partial charge in [0.2, 0.25) is 0 Å². The number of hydrogen-bond donors (Lipinski definition) is 2. The number of benzene rings is 1. The molecular formula is C13H10ClFN2O2. The number of anilines is 1. The van der Waals surface area contributed by atoms with Crippen molar-refractivity contribution in [1.82, 2.24) is 4.98 Å². The molecule has 6 heteroatoms. The molecule has 1 aromatic heterocycles. The fraction of sp³-hybridized carbons (Fsp3) is 0.0769. The third-order valence-electron chi connectivity index (χ3n) is 2.57. The molecule has 2 aromatic rings. The number of hydrogen-bond acceptors (Lipinski definition) is 3. The van der Waals surface area contributed by atoms with Gasteiger partial charge in [0.15, 0.2) is 5.15 Å². The second-order valence-corrected chi connectivity index (χ2v) is 4.24. The summed E-state index contributed by atoms with van der Waals surface area (Å²) in [7, 11) is 0. The van der Waals surface area contributed by atoms with Gasteiger partial charge in [-0.2, -0.15) is 0 Å². The molecule has 0 aliphatic heterocycles. The van der Waals surface area contributed by atoms with Gasteiger partial charge in [-0.15, -0.1) is 0 Å². The van der Waals surface area contributed by atoms with Crippen LogP contribution in [-0.2, 0) is 0 Å². The standard InChI is InChI=1S/C13H10ClFN2O2/c1-7-5-6-16-12(14)11(7)17-13(19)10-8(15)3-2-4-9(10)18/h2-6,18H,1H3,(H,17,19). The first-order valence-corrected chi connectivity index (χ1v) is 5.78. The van der Waals surface area contributed by atoms with Gasteiger partial charge in [-0.3, -0.25) is 4.79 Å². The van der Waals surface area contributed by atoms with E-state index in [2.05, 4.69) is 10.3 Å². The molecule has 4 nitrogen and oxygen atoms in total. The van der Waals surface area contributed by atoms with Crippen molar-refractivity contribution >= 4 is 23.2 Å². The summed E-state index contributed by atoms with van der Waals surface area (Å²) in [5.74, 6) is -2.03. The Morgan fingerprint density at radius 3 is 2.79 bits per heavy atom. The Bertz CT molecular complexity index is 606. The van der Waals surface area contributed by atoms with Crippen LogP contribution in [0, 0.1) is 12.7 Å². The lowest BCUT2D eigenvalue weighted by molar-refractivity contribution is 0.102. The van der Waals surface area contributed by atoms with Crippen LogP contribution in [0.4, 0.5) is 10.1 Å². The van der Waals surface area contributed by atoms with Gasteiger partial charge in [0.05, 0.1) is 5.69 Å². The number of nitrogens with one attached hydrogen (secondary N) is 1. The van der Waals surface area contributed by atoms with Crippen molar-refractivity contribution < 1.29 is 14.3 Å². The van der Waals surface area contributed by atoms with E-state index in [0.717, 1.165) is 6.07 Å². The zero-order valence-electron chi connectivity index (χ0n) is 9.95. The van der Waals surface area contributed by atoms with Crippen molar-refractivity contribution in [3.63, 3.8) is 0 Å². The van der Waals surface area contributed by atoms with E-state index in [1.807, 2.05) is 0 Å². The zero-order valence-corrected chi connectivity index (χ0v) is 10.7. The van der Waals surface area contributed by atoms with Crippen LogP contribution in [0.5, 0.6) is 5.75 Å². The average Bonchev–Trinajstić information content (AvgIpc) is 2.34. The summed E-state index contributed by atoms with van der Waals surface area (Å²) in [6.45, 7) is 1.73. The van der Waals surface area contributed by atoms with Crippen molar-refractivity contribution in [3.05, 3.63) is 52.6 Å². The highest BCUT2D eigenvalue weighted by Gasteiger charge is 2.18.